The molecule has 1 heterocycles. The minimum Gasteiger partial charge on any atom is -0.384 e. The largest absolute Gasteiger partial charge is 0.384 e. The second-order valence-corrected chi connectivity index (χ2v) is 5.45. The number of hydrogen-bond acceptors (Lipinski definition) is 3. The molecule has 0 saturated carbocycles. The van der Waals surface area contributed by atoms with Crippen LogP contribution in [0, 0.1) is 12.3 Å². The lowest BCUT2D eigenvalue weighted by Gasteiger charge is -2.44. The Balaban J connectivity index is 2.46. The molecule has 1 aromatic rings. The van der Waals surface area contributed by atoms with E-state index in [4.69, 9.17) is 15.9 Å². The Kier molecular flexibility index (Phi) is 3.30. The molecule has 1 saturated heterocycles. The van der Waals surface area contributed by atoms with Gasteiger partial charge in [0.1, 0.15) is 5.84 Å². The van der Waals surface area contributed by atoms with Crippen LogP contribution in [0.1, 0.15) is 25.0 Å². The van der Waals surface area contributed by atoms with Gasteiger partial charge in [0.15, 0.2) is 0 Å². The second-order valence-electron chi connectivity index (χ2n) is 5.45. The summed E-state index contributed by atoms with van der Waals surface area (Å²) in [6, 6.07) is 6.09. The second kappa shape index (κ2) is 4.61. The third kappa shape index (κ3) is 2.34. The molecular weight excluding hydrogens is 226 g/mol. The first-order valence-electron chi connectivity index (χ1n) is 6.22. The molecule has 2 rings (SSSR count). The minimum atomic E-state index is -0.0717. The molecule has 4 heteroatoms. The number of amidine groups is 1. The molecule has 3 N–H and O–H groups in total. The van der Waals surface area contributed by atoms with Crippen molar-refractivity contribution in [3.05, 3.63) is 29.3 Å². The van der Waals surface area contributed by atoms with Crippen LogP contribution in [0.2, 0.25) is 0 Å². The van der Waals surface area contributed by atoms with Crippen LogP contribution in [-0.4, -0.2) is 31.1 Å². The lowest BCUT2D eigenvalue weighted by molar-refractivity contribution is 0.0644. The van der Waals surface area contributed by atoms with Crippen molar-refractivity contribution >= 4 is 11.5 Å². The summed E-state index contributed by atoms with van der Waals surface area (Å²) in [5.41, 5.74) is 8.59. The lowest BCUT2D eigenvalue weighted by Crippen LogP contribution is -2.53. The topological polar surface area (TPSA) is 62.3 Å². The van der Waals surface area contributed by atoms with E-state index < -0.39 is 0 Å². The van der Waals surface area contributed by atoms with Crippen LogP contribution in [0.25, 0.3) is 0 Å². The summed E-state index contributed by atoms with van der Waals surface area (Å²) in [5, 5.41) is 7.74. The number of anilines is 1. The van der Waals surface area contributed by atoms with Gasteiger partial charge >= 0.3 is 0 Å². The molecule has 0 unspecified atom stereocenters. The summed E-state index contributed by atoms with van der Waals surface area (Å²) in [6.07, 6.45) is 0. The average molecular weight is 247 g/mol. The number of morpholine rings is 1. The Labute approximate surface area is 108 Å². The van der Waals surface area contributed by atoms with Gasteiger partial charge in [0, 0.05) is 17.8 Å². The number of nitrogens with two attached hydrogens (primary N) is 1. The van der Waals surface area contributed by atoms with Crippen LogP contribution in [0.3, 0.4) is 0 Å². The monoisotopic (exact) mass is 247 g/mol. The van der Waals surface area contributed by atoms with E-state index in [1.165, 1.54) is 0 Å². The molecule has 1 fully saturated rings. The highest BCUT2D eigenvalue weighted by Gasteiger charge is 2.32. The highest BCUT2D eigenvalue weighted by atomic mass is 16.5. The first kappa shape index (κ1) is 12.9. The number of nitrogen functional groups attached to an aromatic ring is 1. The van der Waals surface area contributed by atoms with Crippen molar-refractivity contribution in [3.8, 4) is 0 Å². The maximum Gasteiger partial charge on any atom is 0.124 e. The van der Waals surface area contributed by atoms with Gasteiger partial charge in [-0.25, -0.2) is 0 Å². The number of hydrogen-bond donors (Lipinski definition) is 2. The maximum absolute atomic E-state index is 7.74. The molecule has 0 aliphatic carbocycles. The summed E-state index contributed by atoms with van der Waals surface area (Å²) in [6.45, 7) is 8.55. The van der Waals surface area contributed by atoms with Crippen molar-refractivity contribution in [1.29, 1.82) is 5.41 Å². The molecule has 1 aliphatic heterocycles. The van der Waals surface area contributed by atoms with Crippen molar-refractivity contribution in [1.82, 2.24) is 0 Å². The van der Waals surface area contributed by atoms with Crippen LogP contribution in [0.15, 0.2) is 18.2 Å². The quantitative estimate of drug-likeness (QED) is 0.619. The van der Waals surface area contributed by atoms with E-state index >= 15 is 0 Å². The number of rotatable bonds is 2. The van der Waals surface area contributed by atoms with Crippen LogP contribution in [0.5, 0.6) is 0 Å². The van der Waals surface area contributed by atoms with Gasteiger partial charge in [0.2, 0.25) is 0 Å². The smallest absolute Gasteiger partial charge is 0.124 e. The highest BCUT2D eigenvalue weighted by Crippen LogP contribution is 2.30. The molecule has 1 aliphatic rings. The summed E-state index contributed by atoms with van der Waals surface area (Å²) >= 11 is 0. The zero-order valence-corrected chi connectivity index (χ0v) is 11.3. The van der Waals surface area contributed by atoms with E-state index in [0.717, 1.165) is 23.4 Å². The average Bonchev–Trinajstić information content (AvgIpc) is 2.29. The van der Waals surface area contributed by atoms with Crippen molar-refractivity contribution < 1.29 is 4.74 Å². The van der Waals surface area contributed by atoms with Crippen molar-refractivity contribution in [2.24, 2.45) is 5.73 Å². The Hall–Kier alpha value is -1.55. The van der Waals surface area contributed by atoms with Crippen LogP contribution in [0.4, 0.5) is 5.69 Å². The van der Waals surface area contributed by atoms with Gasteiger partial charge in [-0.2, -0.15) is 0 Å². The highest BCUT2D eigenvalue weighted by molar-refractivity contribution is 6.00. The summed E-state index contributed by atoms with van der Waals surface area (Å²) in [4.78, 5) is 2.28. The molecule has 98 valence electrons. The van der Waals surface area contributed by atoms with Gasteiger partial charge in [0.05, 0.1) is 18.8 Å². The van der Waals surface area contributed by atoms with Crippen molar-refractivity contribution in [2.75, 3.05) is 24.7 Å². The van der Waals surface area contributed by atoms with E-state index in [1.807, 2.05) is 13.0 Å². The van der Waals surface area contributed by atoms with E-state index in [9.17, 15) is 0 Å². The third-order valence-electron chi connectivity index (χ3n) is 3.38. The molecule has 0 bridgehead atoms. The number of aryl methyl sites for hydroxylation is 1. The molecule has 0 radical (unpaired) electrons. The van der Waals surface area contributed by atoms with Crippen molar-refractivity contribution in [2.45, 2.75) is 26.3 Å². The molecular formula is C14H21N3O. The lowest BCUT2D eigenvalue weighted by atomic mass is 9.98. The van der Waals surface area contributed by atoms with E-state index in [1.54, 1.807) is 0 Å². The zero-order chi connectivity index (χ0) is 13.3. The number of ether oxygens (including phenoxy) is 1. The van der Waals surface area contributed by atoms with Crippen LogP contribution >= 0.6 is 0 Å². The van der Waals surface area contributed by atoms with Crippen molar-refractivity contribution in [3.63, 3.8) is 0 Å². The third-order valence-corrected chi connectivity index (χ3v) is 3.38. The van der Waals surface area contributed by atoms with E-state index in [-0.39, 0.29) is 11.4 Å². The standard InChI is InChI=1S/C14H21N3O/c1-10-4-5-12(11(8-10)13(15)16)17-6-7-18-9-14(17,2)3/h4-5,8H,6-7,9H2,1-3H3,(H3,15,16). The van der Waals surface area contributed by atoms with Gasteiger partial charge in [-0.15, -0.1) is 0 Å². The zero-order valence-electron chi connectivity index (χ0n) is 11.3. The maximum atomic E-state index is 7.74. The summed E-state index contributed by atoms with van der Waals surface area (Å²) < 4.78 is 5.53. The predicted octanol–water partition coefficient (Wildman–Crippen LogP) is 1.89. The number of benzene rings is 1. The molecule has 1 aromatic carbocycles. The fourth-order valence-electron chi connectivity index (χ4n) is 2.41. The minimum absolute atomic E-state index is 0.0717. The molecule has 0 aromatic heterocycles. The molecule has 4 nitrogen and oxygen atoms in total. The Morgan fingerprint density at radius 1 is 1.44 bits per heavy atom. The fraction of sp³-hybridized carbons (Fsp3) is 0.500. The first-order chi connectivity index (χ1) is 8.42. The SMILES string of the molecule is Cc1ccc(N2CCOCC2(C)C)c(C(=N)N)c1. The molecule has 18 heavy (non-hydrogen) atoms. The van der Waals surface area contributed by atoms with Crippen LogP contribution < -0.4 is 10.6 Å². The Morgan fingerprint density at radius 2 is 2.17 bits per heavy atom. The summed E-state index contributed by atoms with van der Waals surface area (Å²) in [5.74, 6) is 0.121. The van der Waals surface area contributed by atoms with Gasteiger partial charge in [-0.05, 0) is 32.9 Å². The fourth-order valence-corrected chi connectivity index (χ4v) is 2.41. The summed E-state index contributed by atoms with van der Waals surface area (Å²) in [7, 11) is 0. The molecule has 0 amide bonds. The predicted molar refractivity (Wildman–Crippen MR) is 74.4 cm³/mol. The number of nitrogens with zero attached hydrogens (tertiary/aromatic N) is 1. The van der Waals surface area contributed by atoms with Gasteiger partial charge in [-0.1, -0.05) is 11.6 Å². The van der Waals surface area contributed by atoms with Crippen LogP contribution in [-0.2, 0) is 4.74 Å². The number of nitrogens with one attached hydrogen (secondary N) is 1. The van der Waals surface area contributed by atoms with Gasteiger partial charge in [0.25, 0.3) is 0 Å². The van der Waals surface area contributed by atoms with Gasteiger partial charge < -0.3 is 15.4 Å². The van der Waals surface area contributed by atoms with E-state index in [0.29, 0.717) is 13.2 Å². The first-order valence-corrected chi connectivity index (χ1v) is 6.22. The Morgan fingerprint density at radius 3 is 2.78 bits per heavy atom. The van der Waals surface area contributed by atoms with Gasteiger partial charge in [-0.3, -0.25) is 5.41 Å². The normalized spacial score (nSPS) is 18.7. The van der Waals surface area contributed by atoms with E-state index in [2.05, 4.69) is 30.9 Å². The molecule has 0 spiro atoms. The molecule has 0 atom stereocenters. The Bertz CT molecular complexity index is 468.